The van der Waals surface area contributed by atoms with Gasteiger partial charge in [-0.05, 0) is 36.2 Å². The first-order valence-electron chi connectivity index (χ1n) is 5.71. The van der Waals surface area contributed by atoms with Gasteiger partial charge in [0.2, 0.25) is 11.2 Å². The molecule has 0 bridgehead atoms. The summed E-state index contributed by atoms with van der Waals surface area (Å²) < 4.78 is 6.75. The largest absolute Gasteiger partial charge is 0.495 e. The molecule has 19 heavy (non-hydrogen) atoms. The highest BCUT2D eigenvalue weighted by atomic mass is 35.5. The minimum atomic E-state index is -0.191. The van der Waals surface area contributed by atoms with E-state index in [4.69, 9.17) is 16.3 Å². The maximum atomic E-state index is 11.9. The number of aromatic nitrogens is 2. The summed E-state index contributed by atoms with van der Waals surface area (Å²) in [4.78, 5) is 15.8. The minimum Gasteiger partial charge on any atom is -0.495 e. The lowest BCUT2D eigenvalue weighted by molar-refractivity contribution is -0.116. The van der Waals surface area contributed by atoms with E-state index in [9.17, 15) is 4.79 Å². The van der Waals surface area contributed by atoms with Gasteiger partial charge >= 0.3 is 0 Å². The molecule has 0 fully saturated rings. The second kappa shape index (κ2) is 5.75. The molecule has 100 valence electrons. The molecular formula is C13H14ClN3O2. The average molecular weight is 280 g/mol. The molecule has 0 unspecified atom stereocenters. The number of nitrogens with one attached hydrogen (secondary N) is 1. The van der Waals surface area contributed by atoms with Gasteiger partial charge in [0, 0.05) is 12.4 Å². The van der Waals surface area contributed by atoms with Crippen molar-refractivity contribution in [2.45, 2.75) is 13.5 Å². The molecule has 0 aliphatic rings. The Morgan fingerprint density at radius 3 is 2.95 bits per heavy atom. The number of nitrogens with zero attached hydrogens (tertiary/aromatic N) is 2. The molecule has 1 aromatic carbocycles. The molecule has 0 atom stereocenters. The molecule has 0 radical (unpaired) electrons. The molecule has 6 heteroatoms. The fourth-order valence-corrected chi connectivity index (χ4v) is 1.87. The van der Waals surface area contributed by atoms with Crippen LogP contribution in [0.25, 0.3) is 0 Å². The average Bonchev–Trinajstić information content (AvgIpc) is 2.75. The molecular weight excluding hydrogens is 266 g/mol. The van der Waals surface area contributed by atoms with E-state index in [1.807, 2.05) is 25.1 Å². The quantitative estimate of drug-likeness (QED) is 0.935. The van der Waals surface area contributed by atoms with Gasteiger partial charge in [0.05, 0.1) is 12.8 Å². The number of ether oxygens (including phenoxy) is 1. The van der Waals surface area contributed by atoms with Gasteiger partial charge < -0.3 is 14.6 Å². The van der Waals surface area contributed by atoms with Crippen LogP contribution in [-0.4, -0.2) is 22.6 Å². The molecule has 0 saturated heterocycles. The Bertz CT molecular complexity index is 595. The summed E-state index contributed by atoms with van der Waals surface area (Å²) in [6.45, 7) is 2.05. The highest BCUT2D eigenvalue weighted by molar-refractivity contribution is 6.28. The van der Waals surface area contributed by atoms with Crippen LogP contribution in [0, 0.1) is 6.92 Å². The van der Waals surface area contributed by atoms with Crippen molar-refractivity contribution in [1.29, 1.82) is 0 Å². The fraction of sp³-hybridized carbons (Fsp3) is 0.231. The van der Waals surface area contributed by atoms with Gasteiger partial charge in [0.15, 0.2) is 0 Å². The second-order valence-corrected chi connectivity index (χ2v) is 4.41. The molecule has 1 N–H and O–H groups in total. The highest BCUT2D eigenvalue weighted by Crippen LogP contribution is 2.25. The number of carbonyl (C=O) groups is 1. The highest BCUT2D eigenvalue weighted by Gasteiger charge is 2.09. The number of methoxy groups -OCH3 is 1. The molecule has 1 heterocycles. The predicted octanol–water partition coefficient (Wildman–Crippen LogP) is 2.49. The van der Waals surface area contributed by atoms with Gasteiger partial charge in [-0.2, -0.15) is 0 Å². The second-order valence-electron chi connectivity index (χ2n) is 4.08. The zero-order chi connectivity index (χ0) is 13.8. The lowest BCUT2D eigenvalue weighted by Crippen LogP contribution is -2.18. The molecule has 1 aromatic heterocycles. The van der Waals surface area contributed by atoms with Crippen LogP contribution in [0.4, 0.5) is 5.69 Å². The topological polar surface area (TPSA) is 56.1 Å². The Morgan fingerprint density at radius 2 is 2.32 bits per heavy atom. The smallest absolute Gasteiger partial charge is 0.244 e. The van der Waals surface area contributed by atoms with E-state index < -0.39 is 0 Å². The summed E-state index contributed by atoms with van der Waals surface area (Å²) in [5, 5.41) is 3.08. The number of hydrogen-bond acceptors (Lipinski definition) is 3. The summed E-state index contributed by atoms with van der Waals surface area (Å²) in [7, 11) is 1.56. The van der Waals surface area contributed by atoms with E-state index in [1.54, 1.807) is 24.1 Å². The van der Waals surface area contributed by atoms with Crippen molar-refractivity contribution >= 4 is 23.2 Å². The predicted molar refractivity (Wildman–Crippen MR) is 73.6 cm³/mol. The van der Waals surface area contributed by atoms with Crippen LogP contribution in [0.2, 0.25) is 5.28 Å². The van der Waals surface area contributed by atoms with Gasteiger partial charge in [-0.1, -0.05) is 6.07 Å². The summed E-state index contributed by atoms with van der Waals surface area (Å²) in [5.74, 6) is 0.430. The molecule has 2 aromatic rings. The molecule has 1 amide bonds. The Balaban J connectivity index is 2.11. The lowest BCUT2D eigenvalue weighted by Gasteiger charge is -2.11. The van der Waals surface area contributed by atoms with Crippen LogP contribution in [0.3, 0.4) is 0 Å². The van der Waals surface area contributed by atoms with Crippen molar-refractivity contribution in [2.24, 2.45) is 0 Å². The number of benzene rings is 1. The fourth-order valence-electron chi connectivity index (χ4n) is 1.69. The maximum absolute atomic E-state index is 11.9. The Morgan fingerprint density at radius 1 is 1.53 bits per heavy atom. The van der Waals surface area contributed by atoms with Gasteiger partial charge in [-0.25, -0.2) is 4.98 Å². The first-order chi connectivity index (χ1) is 9.10. The van der Waals surface area contributed by atoms with Gasteiger partial charge in [0.1, 0.15) is 12.3 Å². The molecule has 0 aliphatic carbocycles. The van der Waals surface area contributed by atoms with Crippen LogP contribution in [0.1, 0.15) is 5.56 Å². The van der Waals surface area contributed by atoms with E-state index in [-0.39, 0.29) is 17.7 Å². The van der Waals surface area contributed by atoms with Gasteiger partial charge in [-0.3, -0.25) is 4.79 Å². The van der Waals surface area contributed by atoms with Crippen LogP contribution in [0.5, 0.6) is 5.75 Å². The summed E-state index contributed by atoms with van der Waals surface area (Å²) in [5.41, 5.74) is 1.68. The van der Waals surface area contributed by atoms with Crippen LogP contribution < -0.4 is 10.1 Å². The zero-order valence-corrected chi connectivity index (χ0v) is 11.4. The molecule has 0 saturated carbocycles. The Labute approximate surface area is 116 Å². The molecule has 2 rings (SSSR count). The molecule has 5 nitrogen and oxygen atoms in total. The third-order valence-corrected chi connectivity index (χ3v) is 2.92. The van der Waals surface area contributed by atoms with Crippen molar-refractivity contribution in [3.05, 3.63) is 41.4 Å². The van der Waals surface area contributed by atoms with Crippen molar-refractivity contribution in [3.63, 3.8) is 0 Å². The van der Waals surface area contributed by atoms with E-state index in [0.29, 0.717) is 11.4 Å². The Hall–Kier alpha value is -2.01. The first-order valence-corrected chi connectivity index (χ1v) is 6.09. The van der Waals surface area contributed by atoms with Gasteiger partial charge in [0.25, 0.3) is 0 Å². The Kier molecular flexibility index (Phi) is 4.06. The van der Waals surface area contributed by atoms with Crippen molar-refractivity contribution in [3.8, 4) is 5.75 Å². The van der Waals surface area contributed by atoms with Crippen LogP contribution >= 0.6 is 11.6 Å². The van der Waals surface area contributed by atoms with Gasteiger partial charge in [-0.15, -0.1) is 0 Å². The monoisotopic (exact) mass is 279 g/mol. The molecule has 0 aliphatic heterocycles. The van der Waals surface area contributed by atoms with E-state index in [1.165, 1.54) is 0 Å². The van der Waals surface area contributed by atoms with Crippen LogP contribution in [0.15, 0.2) is 30.6 Å². The normalized spacial score (nSPS) is 10.3. The lowest BCUT2D eigenvalue weighted by atomic mass is 10.2. The summed E-state index contributed by atoms with van der Waals surface area (Å²) in [6.07, 6.45) is 3.19. The van der Waals surface area contributed by atoms with E-state index >= 15 is 0 Å². The van der Waals surface area contributed by atoms with E-state index in [2.05, 4.69) is 10.3 Å². The number of anilines is 1. The SMILES string of the molecule is COc1ccc(C)cc1NC(=O)Cn1ccnc1Cl. The van der Waals surface area contributed by atoms with Crippen LogP contribution in [-0.2, 0) is 11.3 Å². The third kappa shape index (κ3) is 3.26. The number of carbonyl (C=O) groups excluding carboxylic acids is 1. The minimum absolute atomic E-state index is 0.107. The standard InChI is InChI=1S/C13H14ClN3O2/c1-9-3-4-11(19-2)10(7-9)16-12(18)8-17-6-5-15-13(17)14/h3-7H,8H2,1-2H3,(H,16,18). The third-order valence-electron chi connectivity index (χ3n) is 2.61. The van der Waals surface area contributed by atoms with Crippen molar-refractivity contribution < 1.29 is 9.53 Å². The first kappa shape index (κ1) is 13.4. The summed E-state index contributed by atoms with van der Waals surface area (Å²) in [6, 6.07) is 5.59. The molecule has 0 spiro atoms. The number of aryl methyl sites for hydroxylation is 1. The van der Waals surface area contributed by atoms with E-state index in [0.717, 1.165) is 5.56 Å². The van der Waals surface area contributed by atoms with Crippen molar-refractivity contribution in [2.75, 3.05) is 12.4 Å². The number of hydrogen-bond donors (Lipinski definition) is 1. The van der Waals surface area contributed by atoms with Crippen molar-refractivity contribution in [1.82, 2.24) is 9.55 Å². The zero-order valence-electron chi connectivity index (χ0n) is 10.7. The number of halogens is 1. The maximum Gasteiger partial charge on any atom is 0.244 e. The number of imidazole rings is 1. The summed E-state index contributed by atoms with van der Waals surface area (Å²) >= 11 is 5.82. The number of rotatable bonds is 4. The number of amides is 1.